The lowest BCUT2D eigenvalue weighted by Crippen LogP contribution is -2.25. The molecule has 2 aromatic heterocycles. The number of aryl methyl sites for hydroxylation is 1. The third kappa shape index (κ3) is 4.58. The normalized spacial score (nSPS) is 10.6. The quantitative estimate of drug-likeness (QED) is 0.335. The summed E-state index contributed by atoms with van der Waals surface area (Å²) >= 11 is 0. The van der Waals surface area contributed by atoms with E-state index in [0.717, 1.165) is 17.8 Å². The van der Waals surface area contributed by atoms with Gasteiger partial charge in [0, 0.05) is 6.20 Å². The number of benzene rings is 2. The van der Waals surface area contributed by atoms with Crippen LogP contribution in [0.1, 0.15) is 32.2 Å². The summed E-state index contributed by atoms with van der Waals surface area (Å²) in [4.78, 5) is 42.3. The summed E-state index contributed by atoms with van der Waals surface area (Å²) in [5, 5.41) is 9.37. The molecule has 2 N–H and O–H groups in total. The molecule has 0 spiro atoms. The number of halogens is 1. The number of aromatic nitrogens is 3. The molecule has 34 heavy (non-hydrogen) atoms. The van der Waals surface area contributed by atoms with E-state index >= 15 is 0 Å². The van der Waals surface area contributed by atoms with Crippen molar-refractivity contribution in [3.63, 3.8) is 0 Å². The van der Waals surface area contributed by atoms with Gasteiger partial charge in [0.15, 0.2) is 0 Å². The van der Waals surface area contributed by atoms with Crippen LogP contribution in [0.15, 0.2) is 72.9 Å². The molecule has 4 rings (SSSR count). The molecule has 9 heteroatoms. The number of nitrogens with one attached hydrogen (secondary N) is 2. The molecule has 2 heterocycles. The Hall–Kier alpha value is -4.66. The summed E-state index contributed by atoms with van der Waals surface area (Å²) in [7, 11) is 0. The zero-order chi connectivity index (χ0) is 24.2. The molecule has 170 valence electrons. The fourth-order valence-corrected chi connectivity index (χ4v) is 3.50. The van der Waals surface area contributed by atoms with Crippen LogP contribution in [-0.2, 0) is 4.79 Å². The number of rotatable bonds is 6. The highest BCUT2D eigenvalue weighted by atomic mass is 19.1. The van der Waals surface area contributed by atoms with Crippen LogP contribution >= 0.6 is 0 Å². The number of para-hydroxylation sites is 1. The smallest absolute Gasteiger partial charge is 0.296 e. The number of nitrogens with zero attached hydrogens (tertiary/aromatic N) is 3. The largest absolute Gasteiger partial charge is 0.319 e. The first kappa shape index (κ1) is 22.5. The highest BCUT2D eigenvalue weighted by Crippen LogP contribution is 2.25. The van der Waals surface area contributed by atoms with Gasteiger partial charge >= 0.3 is 0 Å². The molecule has 0 bridgehead atoms. The average molecular weight is 457 g/mol. The number of Topliss-reactive ketones (excluding diaryl/α,β-unsaturated/α-hetero) is 1. The van der Waals surface area contributed by atoms with E-state index in [0.29, 0.717) is 11.4 Å². The summed E-state index contributed by atoms with van der Waals surface area (Å²) in [5.74, 6) is -3.02. The summed E-state index contributed by atoms with van der Waals surface area (Å²) in [6.07, 6.45) is 1.46. The highest BCUT2D eigenvalue weighted by Gasteiger charge is 2.26. The Kier molecular flexibility index (Phi) is 6.26. The van der Waals surface area contributed by atoms with Gasteiger partial charge in [-0.05, 0) is 56.3 Å². The Balaban J connectivity index is 1.59. The number of hydrogen-bond donors (Lipinski definition) is 2. The van der Waals surface area contributed by atoms with Crippen molar-refractivity contribution in [1.29, 1.82) is 0 Å². The molecule has 0 saturated heterocycles. The SMILES string of the molecule is Cc1nn(-c2ccccc2)c(C)c1C(=O)C(=O)Nc1cc(F)ccc1NC(=O)c1ccccn1. The molecule has 0 saturated carbocycles. The minimum absolute atomic E-state index is 0.0617. The van der Waals surface area contributed by atoms with Crippen molar-refractivity contribution in [2.75, 3.05) is 10.6 Å². The van der Waals surface area contributed by atoms with Gasteiger partial charge in [0.1, 0.15) is 11.5 Å². The van der Waals surface area contributed by atoms with E-state index in [1.807, 2.05) is 30.3 Å². The molecule has 2 aromatic carbocycles. The number of ketones is 1. The van der Waals surface area contributed by atoms with Crippen LogP contribution in [0, 0.1) is 19.7 Å². The molecule has 0 radical (unpaired) electrons. The zero-order valence-electron chi connectivity index (χ0n) is 18.4. The van der Waals surface area contributed by atoms with E-state index in [4.69, 9.17) is 0 Å². The summed E-state index contributed by atoms with van der Waals surface area (Å²) in [6.45, 7) is 3.32. The van der Waals surface area contributed by atoms with Crippen LogP contribution in [0.25, 0.3) is 5.69 Å². The van der Waals surface area contributed by atoms with Gasteiger partial charge in [-0.3, -0.25) is 19.4 Å². The molecular formula is C25H20FN5O3. The van der Waals surface area contributed by atoms with E-state index in [2.05, 4.69) is 20.7 Å². The fraction of sp³-hybridized carbons (Fsp3) is 0.0800. The van der Waals surface area contributed by atoms with Gasteiger partial charge < -0.3 is 10.6 Å². The highest BCUT2D eigenvalue weighted by molar-refractivity contribution is 6.47. The maximum atomic E-state index is 13.9. The van der Waals surface area contributed by atoms with Gasteiger partial charge in [-0.2, -0.15) is 5.10 Å². The average Bonchev–Trinajstić information content (AvgIpc) is 3.15. The lowest BCUT2D eigenvalue weighted by Gasteiger charge is -2.12. The molecule has 4 aromatic rings. The van der Waals surface area contributed by atoms with Crippen molar-refractivity contribution in [3.05, 3.63) is 101 Å². The van der Waals surface area contributed by atoms with E-state index in [-0.39, 0.29) is 22.6 Å². The Morgan fingerprint density at radius 2 is 1.62 bits per heavy atom. The van der Waals surface area contributed by atoms with Crippen molar-refractivity contribution in [3.8, 4) is 5.69 Å². The first-order chi connectivity index (χ1) is 16.3. The van der Waals surface area contributed by atoms with Gasteiger partial charge in [0.25, 0.3) is 17.6 Å². The van der Waals surface area contributed by atoms with E-state index in [1.165, 1.54) is 18.3 Å². The lowest BCUT2D eigenvalue weighted by molar-refractivity contribution is -0.112. The lowest BCUT2D eigenvalue weighted by atomic mass is 10.1. The van der Waals surface area contributed by atoms with Crippen LogP contribution in [0.2, 0.25) is 0 Å². The van der Waals surface area contributed by atoms with E-state index < -0.39 is 23.4 Å². The van der Waals surface area contributed by atoms with Gasteiger partial charge in [-0.1, -0.05) is 24.3 Å². The topological polar surface area (TPSA) is 106 Å². The van der Waals surface area contributed by atoms with Crippen LogP contribution < -0.4 is 10.6 Å². The fourth-order valence-electron chi connectivity index (χ4n) is 3.50. The number of hydrogen-bond acceptors (Lipinski definition) is 5. The number of carbonyl (C=O) groups excluding carboxylic acids is 3. The molecule has 0 fully saturated rings. The van der Waals surface area contributed by atoms with Gasteiger partial charge in [0.05, 0.1) is 34.0 Å². The summed E-state index contributed by atoms with van der Waals surface area (Å²) < 4.78 is 15.5. The van der Waals surface area contributed by atoms with Crippen molar-refractivity contribution >= 4 is 29.0 Å². The Bertz CT molecular complexity index is 1380. The predicted octanol–water partition coefficient (Wildman–Crippen LogP) is 4.10. The minimum Gasteiger partial charge on any atom is -0.319 e. The van der Waals surface area contributed by atoms with Gasteiger partial charge in [0.2, 0.25) is 0 Å². The second-order valence-corrected chi connectivity index (χ2v) is 7.44. The molecular weight excluding hydrogens is 437 g/mol. The van der Waals surface area contributed by atoms with E-state index in [1.54, 1.807) is 30.7 Å². The first-order valence-corrected chi connectivity index (χ1v) is 10.3. The van der Waals surface area contributed by atoms with Gasteiger partial charge in [-0.15, -0.1) is 0 Å². The Labute approximate surface area is 194 Å². The van der Waals surface area contributed by atoms with Crippen molar-refractivity contribution in [2.24, 2.45) is 0 Å². The predicted molar refractivity (Wildman–Crippen MR) is 125 cm³/mol. The zero-order valence-corrected chi connectivity index (χ0v) is 18.4. The monoisotopic (exact) mass is 457 g/mol. The molecule has 0 aliphatic heterocycles. The minimum atomic E-state index is -0.988. The van der Waals surface area contributed by atoms with Crippen LogP contribution in [0.5, 0.6) is 0 Å². The number of pyridine rings is 1. The molecule has 0 unspecified atom stereocenters. The maximum absolute atomic E-state index is 13.9. The van der Waals surface area contributed by atoms with Crippen molar-refractivity contribution in [1.82, 2.24) is 14.8 Å². The third-order valence-electron chi connectivity index (χ3n) is 5.10. The number of anilines is 2. The first-order valence-electron chi connectivity index (χ1n) is 10.3. The molecule has 0 atom stereocenters. The molecule has 0 aliphatic carbocycles. The maximum Gasteiger partial charge on any atom is 0.296 e. The van der Waals surface area contributed by atoms with E-state index in [9.17, 15) is 18.8 Å². The Morgan fingerprint density at radius 3 is 2.32 bits per heavy atom. The number of carbonyl (C=O) groups is 3. The van der Waals surface area contributed by atoms with Crippen LogP contribution in [-0.4, -0.2) is 32.4 Å². The standard InChI is InChI=1S/C25H20FN5O3/c1-15-22(16(2)31(30-15)18-8-4-3-5-9-18)23(32)25(34)29-21-14-17(26)11-12-19(21)28-24(33)20-10-6-7-13-27-20/h3-14H,1-2H3,(H,28,33)(H,29,34). The molecule has 0 aliphatic rings. The molecule has 2 amide bonds. The molecule has 8 nitrogen and oxygen atoms in total. The number of amides is 2. The van der Waals surface area contributed by atoms with Crippen molar-refractivity contribution < 1.29 is 18.8 Å². The van der Waals surface area contributed by atoms with Crippen molar-refractivity contribution in [2.45, 2.75) is 13.8 Å². The summed E-state index contributed by atoms with van der Waals surface area (Å²) in [5.41, 5.74) is 1.96. The second-order valence-electron chi connectivity index (χ2n) is 7.44. The van der Waals surface area contributed by atoms with Crippen LogP contribution in [0.4, 0.5) is 15.8 Å². The third-order valence-corrected chi connectivity index (χ3v) is 5.10. The van der Waals surface area contributed by atoms with Crippen LogP contribution in [0.3, 0.4) is 0 Å². The van der Waals surface area contributed by atoms with Gasteiger partial charge in [-0.25, -0.2) is 9.07 Å². The second kappa shape index (κ2) is 9.45. The summed E-state index contributed by atoms with van der Waals surface area (Å²) in [6, 6.07) is 17.5. The Morgan fingerprint density at radius 1 is 0.882 bits per heavy atom.